The standard InChI is InChI=1S/C15H16ClN5O4/c1-4-5-17-14-13(21(22)23)15(19-8-18-14)20-10-6-9(16)11(24-2)7-12(10)25-3/h4,6-8H,1,5H2,2-3H3,(H2,17,18,19,20). The number of aromatic nitrogens is 2. The molecule has 9 nitrogen and oxygen atoms in total. The van der Waals surface area contributed by atoms with E-state index >= 15 is 0 Å². The second-order valence-electron chi connectivity index (χ2n) is 4.66. The van der Waals surface area contributed by atoms with Crippen LogP contribution in [0.5, 0.6) is 11.5 Å². The molecule has 2 rings (SSSR count). The molecule has 0 saturated heterocycles. The first-order valence-electron chi connectivity index (χ1n) is 7.04. The highest BCUT2D eigenvalue weighted by Crippen LogP contribution is 2.39. The Bertz CT molecular complexity index is 800. The topological polar surface area (TPSA) is 111 Å². The maximum absolute atomic E-state index is 11.5. The van der Waals surface area contributed by atoms with E-state index in [1.807, 2.05) is 0 Å². The number of halogens is 1. The van der Waals surface area contributed by atoms with Gasteiger partial charge in [-0.3, -0.25) is 10.1 Å². The fourth-order valence-corrected chi connectivity index (χ4v) is 2.27. The Morgan fingerprint density at radius 2 is 1.96 bits per heavy atom. The number of hydrogen-bond acceptors (Lipinski definition) is 8. The van der Waals surface area contributed by atoms with Crippen LogP contribution in [0, 0.1) is 10.1 Å². The minimum absolute atomic E-state index is 0.00824. The summed E-state index contributed by atoms with van der Waals surface area (Å²) in [4.78, 5) is 18.7. The molecule has 132 valence electrons. The van der Waals surface area contributed by atoms with E-state index in [1.54, 1.807) is 12.1 Å². The van der Waals surface area contributed by atoms with E-state index in [-0.39, 0.29) is 17.3 Å². The fourth-order valence-electron chi connectivity index (χ4n) is 2.03. The van der Waals surface area contributed by atoms with Crippen LogP contribution in [-0.2, 0) is 0 Å². The van der Waals surface area contributed by atoms with E-state index in [2.05, 4.69) is 27.2 Å². The Morgan fingerprint density at radius 1 is 1.28 bits per heavy atom. The highest BCUT2D eigenvalue weighted by atomic mass is 35.5. The lowest BCUT2D eigenvalue weighted by atomic mass is 10.2. The molecule has 0 fully saturated rings. The van der Waals surface area contributed by atoms with Gasteiger partial charge in [-0.2, -0.15) is 0 Å². The number of rotatable bonds is 8. The number of nitrogens with one attached hydrogen (secondary N) is 2. The fraction of sp³-hybridized carbons (Fsp3) is 0.200. The van der Waals surface area contributed by atoms with Gasteiger partial charge in [0.15, 0.2) is 0 Å². The zero-order valence-electron chi connectivity index (χ0n) is 13.6. The van der Waals surface area contributed by atoms with Crippen molar-refractivity contribution >= 4 is 34.6 Å². The Morgan fingerprint density at radius 3 is 2.56 bits per heavy atom. The molecule has 0 radical (unpaired) electrons. The first kappa shape index (κ1) is 18.3. The number of anilines is 3. The van der Waals surface area contributed by atoms with Gasteiger partial charge in [0.05, 0.1) is 29.9 Å². The van der Waals surface area contributed by atoms with E-state index in [4.69, 9.17) is 21.1 Å². The summed E-state index contributed by atoms with van der Waals surface area (Å²) in [5, 5.41) is 17.4. The van der Waals surface area contributed by atoms with Crippen LogP contribution in [0.25, 0.3) is 0 Å². The van der Waals surface area contributed by atoms with Crippen LogP contribution in [-0.4, -0.2) is 35.7 Å². The van der Waals surface area contributed by atoms with Crippen LogP contribution in [0.1, 0.15) is 0 Å². The molecule has 1 heterocycles. The highest BCUT2D eigenvalue weighted by molar-refractivity contribution is 6.32. The second-order valence-corrected chi connectivity index (χ2v) is 5.07. The van der Waals surface area contributed by atoms with Gasteiger partial charge >= 0.3 is 5.69 Å². The molecular formula is C15H16ClN5O4. The molecule has 0 bridgehead atoms. The first-order chi connectivity index (χ1) is 12.0. The lowest BCUT2D eigenvalue weighted by Gasteiger charge is -2.14. The number of nitro groups is 1. The number of ether oxygens (including phenoxy) is 2. The van der Waals surface area contributed by atoms with E-state index in [1.165, 1.54) is 26.6 Å². The molecule has 0 atom stereocenters. The van der Waals surface area contributed by atoms with E-state index in [0.29, 0.717) is 28.8 Å². The summed E-state index contributed by atoms with van der Waals surface area (Å²) < 4.78 is 10.4. The second kappa shape index (κ2) is 8.15. The van der Waals surface area contributed by atoms with Crippen molar-refractivity contribution in [2.24, 2.45) is 0 Å². The number of hydrogen-bond donors (Lipinski definition) is 2. The van der Waals surface area contributed by atoms with Crippen LogP contribution in [0.15, 0.2) is 31.1 Å². The van der Waals surface area contributed by atoms with Gasteiger partial charge in [0.2, 0.25) is 11.6 Å². The lowest BCUT2D eigenvalue weighted by molar-refractivity contribution is -0.383. The minimum atomic E-state index is -0.578. The van der Waals surface area contributed by atoms with Crippen LogP contribution in [0.3, 0.4) is 0 Å². The molecule has 2 N–H and O–H groups in total. The van der Waals surface area contributed by atoms with Gasteiger partial charge in [-0.1, -0.05) is 17.7 Å². The summed E-state index contributed by atoms with van der Waals surface area (Å²) in [6.07, 6.45) is 2.77. The Balaban J connectivity index is 2.48. The number of nitrogens with zero attached hydrogens (tertiary/aromatic N) is 3. The average Bonchev–Trinajstić information content (AvgIpc) is 2.60. The van der Waals surface area contributed by atoms with Gasteiger partial charge < -0.3 is 20.1 Å². The van der Waals surface area contributed by atoms with E-state index in [9.17, 15) is 10.1 Å². The van der Waals surface area contributed by atoms with Gasteiger partial charge in [-0.15, -0.1) is 6.58 Å². The number of methoxy groups -OCH3 is 2. The molecule has 2 aromatic rings. The molecule has 1 aromatic carbocycles. The quantitative estimate of drug-likeness (QED) is 0.416. The van der Waals surface area contributed by atoms with Crippen LogP contribution in [0.4, 0.5) is 23.0 Å². The largest absolute Gasteiger partial charge is 0.495 e. The molecule has 1 aromatic heterocycles. The Kier molecular flexibility index (Phi) is 5.96. The zero-order chi connectivity index (χ0) is 18.4. The summed E-state index contributed by atoms with van der Waals surface area (Å²) in [7, 11) is 2.93. The summed E-state index contributed by atoms with van der Waals surface area (Å²) >= 11 is 6.12. The van der Waals surface area contributed by atoms with E-state index < -0.39 is 4.92 Å². The van der Waals surface area contributed by atoms with E-state index in [0.717, 1.165) is 0 Å². The van der Waals surface area contributed by atoms with Crippen LogP contribution < -0.4 is 20.1 Å². The van der Waals surface area contributed by atoms with Gasteiger partial charge in [-0.05, 0) is 6.07 Å². The van der Waals surface area contributed by atoms with Gasteiger partial charge in [0.1, 0.15) is 17.8 Å². The van der Waals surface area contributed by atoms with Crippen molar-refractivity contribution in [1.82, 2.24) is 9.97 Å². The van der Waals surface area contributed by atoms with Crippen LogP contribution in [0.2, 0.25) is 5.02 Å². The molecule has 0 unspecified atom stereocenters. The molecule has 0 amide bonds. The van der Waals surface area contributed by atoms with Gasteiger partial charge in [0.25, 0.3) is 0 Å². The van der Waals surface area contributed by atoms with Crippen molar-refractivity contribution in [2.45, 2.75) is 0 Å². The molecule has 0 aliphatic heterocycles. The normalized spacial score (nSPS) is 10.0. The van der Waals surface area contributed by atoms with Gasteiger partial charge in [0, 0.05) is 12.6 Å². The minimum Gasteiger partial charge on any atom is -0.495 e. The summed E-state index contributed by atoms with van der Waals surface area (Å²) in [6.45, 7) is 3.87. The van der Waals surface area contributed by atoms with Crippen molar-refractivity contribution in [3.05, 3.63) is 46.3 Å². The predicted molar refractivity (Wildman–Crippen MR) is 95.2 cm³/mol. The molecule has 0 saturated carbocycles. The predicted octanol–water partition coefficient (Wildman–Crippen LogP) is 3.40. The molecule has 0 spiro atoms. The molecule has 10 heteroatoms. The lowest BCUT2D eigenvalue weighted by Crippen LogP contribution is -2.08. The first-order valence-corrected chi connectivity index (χ1v) is 7.42. The average molecular weight is 366 g/mol. The molecule has 0 aliphatic carbocycles. The van der Waals surface area contributed by atoms with Gasteiger partial charge in [-0.25, -0.2) is 9.97 Å². The van der Waals surface area contributed by atoms with Crippen molar-refractivity contribution < 1.29 is 14.4 Å². The summed E-state index contributed by atoms with van der Waals surface area (Å²) in [5.41, 5.74) is 0.0862. The Labute approximate surface area is 148 Å². The third kappa shape index (κ3) is 4.07. The zero-order valence-corrected chi connectivity index (χ0v) is 14.3. The molecule has 0 aliphatic rings. The van der Waals surface area contributed by atoms with Crippen molar-refractivity contribution in [2.75, 3.05) is 31.4 Å². The SMILES string of the molecule is C=CCNc1ncnc(Nc2cc(Cl)c(OC)cc2OC)c1[N+](=O)[O-]. The van der Waals surface area contributed by atoms with Crippen LogP contribution >= 0.6 is 11.6 Å². The highest BCUT2D eigenvalue weighted by Gasteiger charge is 2.24. The summed E-state index contributed by atoms with van der Waals surface area (Å²) in [6, 6.07) is 3.09. The third-order valence-corrected chi connectivity index (χ3v) is 3.44. The Hall–Kier alpha value is -3.07. The summed E-state index contributed by atoms with van der Waals surface area (Å²) in [5.74, 6) is 0.858. The number of benzene rings is 1. The van der Waals surface area contributed by atoms with Crippen molar-refractivity contribution in [3.8, 4) is 11.5 Å². The maximum atomic E-state index is 11.5. The molecule has 25 heavy (non-hydrogen) atoms. The third-order valence-electron chi connectivity index (χ3n) is 3.15. The van der Waals surface area contributed by atoms with Crippen molar-refractivity contribution in [3.63, 3.8) is 0 Å². The molecular weight excluding hydrogens is 350 g/mol. The smallest absolute Gasteiger partial charge is 0.353 e. The monoisotopic (exact) mass is 365 g/mol. The maximum Gasteiger partial charge on any atom is 0.353 e. The van der Waals surface area contributed by atoms with Crippen molar-refractivity contribution in [1.29, 1.82) is 0 Å².